The van der Waals surface area contributed by atoms with Crippen molar-refractivity contribution in [2.75, 3.05) is 18.5 Å². The molecule has 3 rings (SSSR count). The van der Waals surface area contributed by atoms with Gasteiger partial charge in [0.15, 0.2) is 4.80 Å². The van der Waals surface area contributed by atoms with Gasteiger partial charge >= 0.3 is 0 Å². The number of benzene rings is 1. The van der Waals surface area contributed by atoms with Gasteiger partial charge < -0.3 is 14.6 Å². The van der Waals surface area contributed by atoms with Gasteiger partial charge in [-0.05, 0) is 42.6 Å². The molecule has 0 bridgehead atoms. The second-order valence-electron chi connectivity index (χ2n) is 5.90. The van der Waals surface area contributed by atoms with Crippen molar-refractivity contribution in [1.29, 1.82) is 0 Å². The monoisotopic (exact) mass is 415 g/mol. The van der Waals surface area contributed by atoms with E-state index in [1.807, 2.05) is 47.2 Å². The van der Waals surface area contributed by atoms with E-state index in [-0.39, 0.29) is 11.8 Å². The lowest BCUT2D eigenvalue weighted by molar-refractivity contribution is -0.114. The van der Waals surface area contributed by atoms with Crippen LogP contribution >= 0.6 is 22.7 Å². The summed E-state index contributed by atoms with van der Waals surface area (Å²) in [6, 6.07) is 9.54. The van der Waals surface area contributed by atoms with E-state index in [0.29, 0.717) is 30.2 Å². The van der Waals surface area contributed by atoms with Crippen LogP contribution in [0.2, 0.25) is 0 Å². The zero-order valence-corrected chi connectivity index (χ0v) is 17.3. The standard InChI is InChI=1S/C20H21N3O3S2/c1-3-26-11-10-23-17-8-6-15(21-14(2)24)13-18(17)28-20(23)22-19(25)9-7-16-5-4-12-27-16/h4-9,12-13H,3,10-11H2,1-2H3,(H,21,24)/b9-7+,22-20?. The topological polar surface area (TPSA) is 72.7 Å². The van der Waals surface area contributed by atoms with Gasteiger partial charge in [-0.1, -0.05) is 17.4 Å². The molecule has 8 heteroatoms. The van der Waals surface area contributed by atoms with Gasteiger partial charge in [0.1, 0.15) is 0 Å². The predicted molar refractivity (Wildman–Crippen MR) is 115 cm³/mol. The highest BCUT2D eigenvalue weighted by atomic mass is 32.1. The van der Waals surface area contributed by atoms with Crippen LogP contribution in [0.4, 0.5) is 5.69 Å². The minimum Gasteiger partial charge on any atom is -0.380 e. The van der Waals surface area contributed by atoms with Gasteiger partial charge in [0, 0.05) is 36.7 Å². The Labute approximate surface area is 170 Å². The Balaban J connectivity index is 1.96. The van der Waals surface area contributed by atoms with Gasteiger partial charge in [0.25, 0.3) is 5.91 Å². The lowest BCUT2D eigenvalue weighted by Gasteiger charge is -2.06. The SMILES string of the molecule is CCOCCn1c(=NC(=O)/C=C/c2cccs2)sc2cc(NC(C)=O)ccc21. The van der Waals surface area contributed by atoms with Gasteiger partial charge in [-0.15, -0.1) is 11.3 Å². The van der Waals surface area contributed by atoms with E-state index in [1.165, 1.54) is 24.3 Å². The summed E-state index contributed by atoms with van der Waals surface area (Å²) in [5, 5.41) is 4.74. The van der Waals surface area contributed by atoms with Gasteiger partial charge in [0.2, 0.25) is 5.91 Å². The van der Waals surface area contributed by atoms with Gasteiger partial charge in [-0.3, -0.25) is 9.59 Å². The minimum atomic E-state index is -0.313. The molecular formula is C20H21N3O3S2. The van der Waals surface area contributed by atoms with Crippen LogP contribution in [0.25, 0.3) is 16.3 Å². The van der Waals surface area contributed by atoms with E-state index >= 15 is 0 Å². The van der Waals surface area contributed by atoms with E-state index in [4.69, 9.17) is 4.74 Å². The smallest absolute Gasteiger partial charge is 0.272 e. The molecule has 28 heavy (non-hydrogen) atoms. The van der Waals surface area contributed by atoms with Crippen molar-refractivity contribution in [2.45, 2.75) is 20.4 Å². The molecule has 2 aromatic heterocycles. The average Bonchev–Trinajstić information content (AvgIpc) is 3.28. The van der Waals surface area contributed by atoms with Crippen molar-refractivity contribution in [1.82, 2.24) is 4.57 Å². The highest BCUT2D eigenvalue weighted by Gasteiger charge is 2.09. The van der Waals surface area contributed by atoms with Crippen molar-refractivity contribution in [3.63, 3.8) is 0 Å². The lowest BCUT2D eigenvalue weighted by Crippen LogP contribution is -2.19. The Morgan fingerprint density at radius 2 is 2.18 bits per heavy atom. The summed E-state index contributed by atoms with van der Waals surface area (Å²) < 4.78 is 8.39. The molecule has 0 aliphatic carbocycles. The van der Waals surface area contributed by atoms with E-state index in [1.54, 1.807) is 17.4 Å². The number of fused-ring (bicyclic) bond motifs is 1. The Kier molecular flexibility index (Phi) is 6.91. The number of amides is 2. The number of hydrogen-bond donors (Lipinski definition) is 1. The predicted octanol–water partition coefficient (Wildman–Crippen LogP) is 3.90. The molecule has 3 aromatic rings. The van der Waals surface area contributed by atoms with Crippen LogP contribution in [-0.4, -0.2) is 29.6 Å². The molecule has 0 saturated carbocycles. The Bertz CT molecular complexity index is 1060. The molecule has 2 amide bonds. The summed E-state index contributed by atoms with van der Waals surface area (Å²) in [7, 11) is 0. The molecule has 0 saturated heterocycles. The summed E-state index contributed by atoms with van der Waals surface area (Å²) in [5.41, 5.74) is 1.67. The molecule has 6 nitrogen and oxygen atoms in total. The first-order valence-electron chi connectivity index (χ1n) is 8.86. The summed E-state index contributed by atoms with van der Waals surface area (Å²) in [6.45, 7) is 5.17. The van der Waals surface area contributed by atoms with Crippen LogP contribution in [0, 0.1) is 0 Å². The number of rotatable bonds is 7. The maximum atomic E-state index is 12.3. The molecule has 0 radical (unpaired) electrons. The summed E-state index contributed by atoms with van der Waals surface area (Å²) >= 11 is 2.98. The minimum absolute atomic E-state index is 0.126. The Morgan fingerprint density at radius 1 is 1.32 bits per heavy atom. The van der Waals surface area contributed by atoms with Crippen LogP contribution in [0.3, 0.4) is 0 Å². The number of hydrogen-bond acceptors (Lipinski definition) is 5. The number of thiophene rings is 1. The van der Waals surface area contributed by atoms with Crippen molar-refractivity contribution >= 4 is 56.5 Å². The second kappa shape index (κ2) is 9.59. The number of carbonyl (C=O) groups is 2. The van der Waals surface area contributed by atoms with Gasteiger partial charge in [-0.25, -0.2) is 0 Å². The zero-order valence-electron chi connectivity index (χ0n) is 15.7. The highest BCUT2D eigenvalue weighted by Crippen LogP contribution is 2.22. The third-order valence-electron chi connectivity index (χ3n) is 3.81. The zero-order chi connectivity index (χ0) is 19.9. The molecule has 0 spiro atoms. The van der Waals surface area contributed by atoms with Crippen molar-refractivity contribution in [2.24, 2.45) is 4.99 Å². The number of aromatic nitrogens is 1. The third kappa shape index (κ3) is 5.25. The fourth-order valence-electron chi connectivity index (χ4n) is 2.63. The van der Waals surface area contributed by atoms with Gasteiger partial charge in [0.05, 0.1) is 16.8 Å². The van der Waals surface area contributed by atoms with Crippen LogP contribution in [0.5, 0.6) is 0 Å². The third-order valence-corrected chi connectivity index (χ3v) is 5.68. The molecule has 146 valence electrons. The Morgan fingerprint density at radius 3 is 2.89 bits per heavy atom. The molecule has 0 atom stereocenters. The molecule has 0 aliphatic heterocycles. The molecule has 2 heterocycles. The number of thiazole rings is 1. The number of carbonyl (C=O) groups excluding carboxylic acids is 2. The van der Waals surface area contributed by atoms with Crippen molar-refractivity contribution in [3.8, 4) is 0 Å². The first-order valence-corrected chi connectivity index (χ1v) is 10.6. The van der Waals surface area contributed by atoms with E-state index in [9.17, 15) is 9.59 Å². The van der Waals surface area contributed by atoms with E-state index in [2.05, 4.69) is 10.3 Å². The number of nitrogens with zero attached hydrogens (tertiary/aromatic N) is 2. The summed E-state index contributed by atoms with van der Waals surface area (Å²) in [5.74, 6) is -0.439. The molecule has 1 aromatic carbocycles. The molecule has 0 fully saturated rings. The summed E-state index contributed by atoms with van der Waals surface area (Å²) in [6.07, 6.45) is 3.25. The quantitative estimate of drug-likeness (QED) is 0.470. The normalized spacial score (nSPS) is 12.1. The van der Waals surface area contributed by atoms with Crippen molar-refractivity contribution in [3.05, 3.63) is 51.5 Å². The first kappa shape index (κ1) is 20.2. The molecular weight excluding hydrogens is 394 g/mol. The molecule has 0 unspecified atom stereocenters. The number of anilines is 1. The number of ether oxygens (including phenoxy) is 1. The average molecular weight is 416 g/mol. The van der Waals surface area contributed by atoms with Crippen LogP contribution in [0.15, 0.2) is 46.8 Å². The largest absolute Gasteiger partial charge is 0.380 e. The van der Waals surface area contributed by atoms with E-state index < -0.39 is 0 Å². The van der Waals surface area contributed by atoms with Crippen LogP contribution in [0.1, 0.15) is 18.7 Å². The van der Waals surface area contributed by atoms with E-state index in [0.717, 1.165) is 15.1 Å². The first-order chi connectivity index (χ1) is 13.6. The molecule has 0 aliphatic rings. The van der Waals surface area contributed by atoms with Crippen LogP contribution < -0.4 is 10.1 Å². The Hall–Kier alpha value is -2.55. The number of nitrogens with one attached hydrogen (secondary N) is 1. The second-order valence-corrected chi connectivity index (χ2v) is 7.88. The highest BCUT2D eigenvalue weighted by molar-refractivity contribution is 7.16. The lowest BCUT2D eigenvalue weighted by atomic mass is 10.3. The van der Waals surface area contributed by atoms with Gasteiger partial charge in [-0.2, -0.15) is 4.99 Å². The van der Waals surface area contributed by atoms with Crippen molar-refractivity contribution < 1.29 is 14.3 Å². The maximum absolute atomic E-state index is 12.3. The fraction of sp³-hybridized carbons (Fsp3) is 0.250. The molecule has 1 N–H and O–H groups in total. The van der Waals surface area contributed by atoms with Crippen LogP contribution in [-0.2, 0) is 20.9 Å². The maximum Gasteiger partial charge on any atom is 0.272 e. The summed E-state index contributed by atoms with van der Waals surface area (Å²) in [4.78, 5) is 29.5. The fourth-order valence-corrected chi connectivity index (χ4v) is 4.35.